The fourth-order valence-corrected chi connectivity index (χ4v) is 0.697. The second kappa shape index (κ2) is 4.13. The van der Waals surface area contributed by atoms with Gasteiger partial charge < -0.3 is 15.9 Å². The molecule has 0 saturated heterocycles. The molecule has 0 bridgehead atoms. The van der Waals surface area contributed by atoms with Crippen molar-refractivity contribution < 1.29 is 19.8 Å². The van der Waals surface area contributed by atoms with Crippen molar-refractivity contribution >= 4 is 23.0 Å². The summed E-state index contributed by atoms with van der Waals surface area (Å²) in [6.07, 6.45) is 0. The zero-order valence-corrected chi connectivity index (χ0v) is 5.80. The maximum Gasteiger partial charge on any atom is 0.364 e. The normalized spacial score (nSPS) is 12.5. The molecular weight excluding hydrogens is 158 g/mol. The Labute approximate surface area is 61.2 Å². The molecule has 0 aromatic heterocycles. The summed E-state index contributed by atoms with van der Waals surface area (Å²) >= 11 is 0.479. The number of carboxylic acids is 1. The van der Waals surface area contributed by atoms with Crippen LogP contribution < -0.4 is 5.73 Å². The lowest BCUT2D eigenvalue weighted by atomic mass is 10.4. The topological polar surface area (TPSA) is 101 Å². The lowest BCUT2D eigenvalue weighted by Crippen LogP contribution is -2.32. The van der Waals surface area contributed by atoms with E-state index in [0.29, 0.717) is 11.8 Å². The Morgan fingerprint density at radius 2 is 2.00 bits per heavy atom. The van der Waals surface area contributed by atoms with Crippen LogP contribution in [-0.4, -0.2) is 33.3 Å². The first kappa shape index (κ1) is 9.25. The van der Waals surface area contributed by atoms with Crippen molar-refractivity contribution in [3.63, 3.8) is 0 Å². The Morgan fingerprint density at radius 3 is 2.30 bits per heavy atom. The highest BCUT2D eigenvalue weighted by molar-refractivity contribution is 8.13. The van der Waals surface area contributed by atoms with Crippen molar-refractivity contribution in [2.24, 2.45) is 5.73 Å². The predicted octanol–water partition coefficient (Wildman–Crippen LogP) is -0.191. The van der Waals surface area contributed by atoms with Gasteiger partial charge in [-0.1, -0.05) is 0 Å². The SMILES string of the molecule is N[C@H](CSC(=O)O)C(=O)O. The summed E-state index contributed by atoms with van der Waals surface area (Å²) in [6, 6.07) is -1.10. The van der Waals surface area contributed by atoms with E-state index in [1.54, 1.807) is 0 Å². The first-order chi connectivity index (χ1) is 4.54. The Bertz CT molecular complexity index is 148. The van der Waals surface area contributed by atoms with E-state index < -0.39 is 17.3 Å². The van der Waals surface area contributed by atoms with E-state index in [9.17, 15) is 9.59 Å². The third kappa shape index (κ3) is 4.16. The van der Waals surface area contributed by atoms with Crippen LogP contribution in [0.25, 0.3) is 0 Å². The smallest absolute Gasteiger partial charge is 0.364 e. The van der Waals surface area contributed by atoms with Crippen molar-refractivity contribution in [3.8, 4) is 0 Å². The van der Waals surface area contributed by atoms with Gasteiger partial charge in [-0.25, -0.2) is 4.79 Å². The molecular formula is C4H7NO4S. The van der Waals surface area contributed by atoms with E-state index in [2.05, 4.69) is 0 Å². The number of thioether (sulfide) groups is 1. The van der Waals surface area contributed by atoms with E-state index >= 15 is 0 Å². The van der Waals surface area contributed by atoms with Crippen LogP contribution in [0, 0.1) is 0 Å². The molecule has 0 fully saturated rings. The van der Waals surface area contributed by atoms with Crippen molar-refractivity contribution in [1.82, 2.24) is 0 Å². The standard InChI is InChI=1S/C4H7NO4S/c5-2(3(6)7)1-10-4(8)9/h2H,1,5H2,(H,6,7)(H,8,9)/t2-/m1/s1. The maximum absolute atomic E-state index is 9.98. The Hall–Kier alpha value is -0.750. The van der Waals surface area contributed by atoms with Crippen LogP contribution in [0.3, 0.4) is 0 Å². The number of nitrogens with two attached hydrogens (primary N) is 1. The molecule has 1 atom stereocenters. The van der Waals surface area contributed by atoms with Gasteiger partial charge in [-0.2, -0.15) is 0 Å². The van der Waals surface area contributed by atoms with Crippen molar-refractivity contribution in [2.75, 3.05) is 5.75 Å². The third-order valence-electron chi connectivity index (χ3n) is 0.704. The number of hydrogen-bond donors (Lipinski definition) is 3. The summed E-state index contributed by atoms with van der Waals surface area (Å²) in [5.74, 6) is -1.29. The van der Waals surface area contributed by atoms with Gasteiger partial charge in [0.15, 0.2) is 0 Å². The van der Waals surface area contributed by atoms with Crippen LogP contribution in [-0.2, 0) is 4.79 Å². The van der Waals surface area contributed by atoms with Crippen LogP contribution in [0.5, 0.6) is 0 Å². The van der Waals surface area contributed by atoms with Gasteiger partial charge in [0.25, 0.3) is 0 Å². The van der Waals surface area contributed by atoms with Crippen molar-refractivity contribution in [1.29, 1.82) is 0 Å². The highest BCUT2D eigenvalue weighted by atomic mass is 32.2. The van der Waals surface area contributed by atoms with E-state index in [1.807, 2.05) is 0 Å². The molecule has 0 aromatic rings. The fourth-order valence-electron chi connectivity index (χ4n) is 0.232. The summed E-state index contributed by atoms with van der Waals surface area (Å²) in [6.45, 7) is 0. The molecule has 6 heteroatoms. The van der Waals surface area contributed by atoms with Gasteiger partial charge in [0.1, 0.15) is 6.04 Å². The number of hydrogen-bond acceptors (Lipinski definition) is 4. The van der Waals surface area contributed by atoms with E-state index in [0.717, 1.165) is 0 Å². The summed E-state index contributed by atoms with van der Waals surface area (Å²) in [5.41, 5.74) is 4.98. The largest absolute Gasteiger partial charge is 0.480 e. The Kier molecular flexibility index (Phi) is 3.82. The molecule has 0 rings (SSSR count). The second-order valence-corrected chi connectivity index (χ2v) is 2.49. The molecule has 0 aliphatic rings. The van der Waals surface area contributed by atoms with Gasteiger partial charge in [0.2, 0.25) is 0 Å². The van der Waals surface area contributed by atoms with Gasteiger partial charge in [-0.3, -0.25) is 4.79 Å². The zero-order chi connectivity index (χ0) is 8.15. The molecule has 10 heavy (non-hydrogen) atoms. The fraction of sp³-hybridized carbons (Fsp3) is 0.500. The maximum atomic E-state index is 9.98. The molecule has 0 unspecified atom stereocenters. The molecule has 0 radical (unpaired) electrons. The summed E-state index contributed by atoms with van der Waals surface area (Å²) in [5, 5.41) is 15.1. The minimum Gasteiger partial charge on any atom is -0.480 e. The van der Waals surface area contributed by atoms with Crippen LogP contribution >= 0.6 is 11.8 Å². The van der Waals surface area contributed by atoms with Crippen LogP contribution in [0.4, 0.5) is 4.79 Å². The molecule has 4 N–H and O–H groups in total. The lowest BCUT2D eigenvalue weighted by Gasteiger charge is -2.00. The number of carboxylic acid groups (broad SMARTS) is 2. The molecule has 5 nitrogen and oxygen atoms in total. The molecule has 0 spiro atoms. The summed E-state index contributed by atoms with van der Waals surface area (Å²) in [4.78, 5) is 19.8. The average molecular weight is 165 g/mol. The lowest BCUT2D eigenvalue weighted by molar-refractivity contribution is -0.137. The van der Waals surface area contributed by atoms with Crippen LogP contribution in [0.15, 0.2) is 0 Å². The first-order valence-corrected chi connectivity index (χ1v) is 3.36. The van der Waals surface area contributed by atoms with Crippen LogP contribution in [0.1, 0.15) is 0 Å². The highest BCUT2D eigenvalue weighted by Crippen LogP contribution is 2.01. The number of carbonyl (C=O) groups is 2. The van der Waals surface area contributed by atoms with Crippen LogP contribution in [0.2, 0.25) is 0 Å². The molecule has 58 valence electrons. The first-order valence-electron chi connectivity index (χ1n) is 2.38. The molecule has 0 saturated carbocycles. The van der Waals surface area contributed by atoms with Gasteiger partial charge in [-0.15, -0.1) is 0 Å². The summed E-state index contributed by atoms with van der Waals surface area (Å²) in [7, 11) is 0. The molecule has 0 aliphatic heterocycles. The number of rotatable bonds is 3. The molecule has 0 aromatic carbocycles. The Balaban J connectivity index is 3.49. The summed E-state index contributed by atoms with van der Waals surface area (Å²) < 4.78 is 0. The van der Waals surface area contributed by atoms with Gasteiger partial charge in [0.05, 0.1) is 0 Å². The Morgan fingerprint density at radius 1 is 1.50 bits per heavy atom. The van der Waals surface area contributed by atoms with E-state index in [4.69, 9.17) is 15.9 Å². The van der Waals surface area contributed by atoms with Crippen molar-refractivity contribution in [2.45, 2.75) is 6.04 Å². The van der Waals surface area contributed by atoms with E-state index in [-0.39, 0.29) is 5.75 Å². The molecule has 0 aliphatic carbocycles. The quantitative estimate of drug-likeness (QED) is 0.535. The number of aliphatic carboxylic acids is 1. The molecule has 0 amide bonds. The van der Waals surface area contributed by atoms with E-state index in [1.165, 1.54) is 0 Å². The van der Waals surface area contributed by atoms with Gasteiger partial charge in [0, 0.05) is 5.75 Å². The minimum atomic E-state index is -1.19. The van der Waals surface area contributed by atoms with Gasteiger partial charge in [-0.05, 0) is 11.8 Å². The van der Waals surface area contributed by atoms with Crippen molar-refractivity contribution in [3.05, 3.63) is 0 Å². The predicted molar refractivity (Wildman–Crippen MR) is 36.1 cm³/mol. The average Bonchev–Trinajstić information content (AvgIpc) is 1.82. The van der Waals surface area contributed by atoms with Gasteiger partial charge >= 0.3 is 11.3 Å². The monoisotopic (exact) mass is 165 g/mol. The molecule has 0 heterocycles. The minimum absolute atomic E-state index is 0.106. The second-order valence-electron chi connectivity index (χ2n) is 1.52. The third-order valence-corrected chi connectivity index (χ3v) is 1.48. The zero-order valence-electron chi connectivity index (χ0n) is 4.98. The highest BCUT2D eigenvalue weighted by Gasteiger charge is 2.12.